The molecule has 1 aromatic carbocycles. The highest BCUT2D eigenvalue weighted by atomic mass is 16.5. The smallest absolute Gasteiger partial charge is 0.308 e. The number of likely N-dealkylation sites (tertiary alicyclic amines) is 1. The van der Waals surface area contributed by atoms with Crippen molar-refractivity contribution in [3.05, 3.63) is 47.3 Å². The predicted octanol–water partition coefficient (Wildman–Crippen LogP) is 2.51. The van der Waals surface area contributed by atoms with Gasteiger partial charge in [-0.2, -0.15) is 5.10 Å². The maximum atomic E-state index is 12.7. The molecule has 0 saturated carbocycles. The van der Waals surface area contributed by atoms with Gasteiger partial charge in [-0.15, -0.1) is 0 Å². The molecule has 1 aromatic heterocycles. The second-order valence-electron chi connectivity index (χ2n) is 6.48. The summed E-state index contributed by atoms with van der Waals surface area (Å²) in [4.78, 5) is 26.0. The Kier molecular flexibility index (Phi) is 4.88. The lowest BCUT2D eigenvalue weighted by Crippen LogP contribution is -2.40. The lowest BCUT2D eigenvalue weighted by atomic mass is 9.96. The third-order valence-electron chi connectivity index (χ3n) is 4.69. The Hall–Kier alpha value is -2.63. The first-order chi connectivity index (χ1) is 12.0. The van der Waals surface area contributed by atoms with Crippen molar-refractivity contribution in [2.24, 2.45) is 5.92 Å². The van der Waals surface area contributed by atoms with Crippen molar-refractivity contribution in [1.29, 1.82) is 0 Å². The molecule has 1 aliphatic rings. The average molecular weight is 341 g/mol. The van der Waals surface area contributed by atoms with Gasteiger partial charge in [0.2, 0.25) is 0 Å². The van der Waals surface area contributed by atoms with Gasteiger partial charge in [0, 0.05) is 24.3 Å². The van der Waals surface area contributed by atoms with Gasteiger partial charge in [0.05, 0.1) is 24.4 Å². The molecule has 1 fully saturated rings. The highest BCUT2D eigenvalue weighted by molar-refractivity contribution is 5.94. The van der Waals surface area contributed by atoms with Crippen molar-refractivity contribution >= 4 is 11.9 Å². The van der Waals surface area contributed by atoms with Crippen molar-refractivity contribution in [3.63, 3.8) is 0 Å². The molecule has 1 aliphatic heterocycles. The summed E-state index contributed by atoms with van der Waals surface area (Å²) in [6.07, 6.45) is 1.31. The zero-order chi connectivity index (χ0) is 18.0. The van der Waals surface area contributed by atoms with E-state index in [1.807, 2.05) is 48.9 Å². The highest BCUT2D eigenvalue weighted by Gasteiger charge is 2.28. The van der Waals surface area contributed by atoms with Crippen LogP contribution < -0.4 is 0 Å². The molecule has 2 aromatic rings. The summed E-state index contributed by atoms with van der Waals surface area (Å²) in [5, 5.41) is 4.46. The number of esters is 1. The molecule has 3 rings (SSSR count). The maximum absolute atomic E-state index is 12.7. The van der Waals surface area contributed by atoms with E-state index < -0.39 is 0 Å². The van der Waals surface area contributed by atoms with Crippen LogP contribution >= 0.6 is 0 Å². The van der Waals surface area contributed by atoms with Crippen LogP contribution in [-0.2, 0) is 9.53 Å². The van der Waals surface area contributed by atoms with Crippen LogP contribution in [0.5, 0.6) is 0 Å². The topological polar surface area (TPSA) is 64.4 Å². The summed E-state index contributed by atoms with van der Waals surface area (Å²) in [5.41, 5.74) is 3.61. The Balaban J connectivity index is 1.67. The van der Waals surface area contributed by atoms with E-state index in [4.69, 9.17) is 4.74 Å². The minimum atomic E-state index is -0.179. The maximum Gasteiger partial charge on any atom is 0.308 e. The number of rotatable bonds is 3. The molecule has 0 bridgehead atoms. The summed E-state index contributed by atoms with van der Waals surface area (Å²) in [5.74, 6) is -0.271. The second kappa shape index (κ2) is 7.09. The average Bonchev–Trinajstić information content (AvgIpc) is 2.99. The minimum Gasteiger partial charge on any atom is -0.469 e. The number of nitrogens with zero attached hydrogens (tertiary/aromatic N) is 3. The third-order valence-corrected chi connectivity index (χ3v) is 4.69. The Morgan fingerprint density at radius 1 is 1.12 bits per heavy atom. The molecule has 0 radical (unpaired) electrons. The summed E-state index contributed by atoms with van der Waals surface area (Å²) in [7, 11) is 1.41. The van der Waals surface area contributed by atoms with E-state index in [0.717, 1.165) is 17.1 Å². The Morgan fingerprint density at radius 2 is 1.76 bits per heavy atom. The van der Waals surface area contributed by atoms with Gasteiger partial charge in [-0.1, -0.05) is 0 Å². The van der Waals surface area contributed by atoms with Crippen LogP contribution in [0.4, 0.5) is 0 Å². The summed E-state index contributed by atoms with van der Waals surface area (Å²) >= 11 is 0. The lowest BCUT2D eigenvalue weighted by molar-refractivity contribution is -0.146. The van der Waals surface area contributed by atoms with Gasteiger partial charge < -0.3 is 9.64 Å². The van der Waals surface area contributed by atoms with Gasteiger partial charge in [0.25, 0.3) is 5.91 Å². The highest BCUT2D eigenvalue weighted by Crippen LogP contribution is 2.21. The summed E-state index contributed by atoms with van der Waals surface area (Å²) < 4.78 is 6.65. The molecule has 0 N–H and O–H groups in total. The number of methoxy groups -OCH3 is 1. The van der Waals surface area contributed by atoms with Crippen LogP contribution in [0.2, 0.25) is 0 Å². The van der Waals surface area contributed by atoms with E-state index in [9.17, 15) is 9.59 Å². The van der Waals surface area contributed by atoms with E-state index in [-0.39, 0.29) is 17.8 Å². The monoisotopic (exact) mass is 341 g/mol. The fourth-order valence-corrected chi connectivity index (χ4v) is 3.30. The number of aryl methyl sites for hydroxylation is 2. The molecule has 0 aliphatic carbocycles. The molecule has 1 saturated heterocycles. The van der Waals surface area contributed by atoms with Crippen molar-refractivity contribution < 1.29 is 14.3 Å². The number of benzene rings is 1. The van der Waals surface area contributed by atoms with Gasteiger partial charge >= 0.3 is 5.97 Å². The normalized spacial score (nSPS) is 15.2. The number of carbonyl (C=O) groups is 2. The van der Waals surface area contributed by atoms with Crippen molar-refractivity contribution in [2.75, 3.05) is 20.2 Å². The van der Waals surface area contributed by atoms with E-state index in [1.54, 1.807) is 4.90 Å². The molecule has 6 heteroatoms. The molecule has 0 atom stereocenters. The Labute approximate surface area is 147 Å². The van der Waals surface area contributed by atoms with Gasteiger partial charge in [0.1, 0.15) is 0 Å². The summed E-state index contributed by atoms with van der Waals surface area (Å²) in [6.45, 7) is 5.12. The van der Waals surface area contributed by atoms with Crippen molar-refractivity contribution in [2.45, 2.75) is 26.7 Å². The van der Waals surface area contributed by atoms with E-state index in [0.29, 0.717) is 31.5 Å². The van der Waals surface area contributed by atoms with Crippen LogP contribution in [0.15, 0.2) is 30.3 Å². The zero-order valence-corrected chi connectivity index (χ0v) is 14.9. The van der Waals surface area contributed by atoms with Gasteiger partial charge in [-0.3, -0.25) is 9.59 Å². The van der Waals surface area contributed by atoms with E-state index in [1.165, 1.54) is 7.11 Å². The predicted molar refractivity (Wildman–Crippen MR) is 93.7 cm³/mol. The quantitative estimate of drug-likeness (QED) is 0.805. The molecule has 25 heavy (non-hydrogen) atoms. The first-order valence-corrected chi connectivity index (χ1v) is 8.50. The van der Waals surface area contributed by atoms with Gasteiger partial charge in [0.15, 0.2) is 0 Å². The zero-order valence-electron chi connectivity index (χ0n) is 14.9. The number of amides is 1. The number of piperidine rings is 1. The Morgan fingerprint density at radius 3 is 2.28 bits per heavy atom. The molecule has 1 amide bonds. The second-order valence-corrected chi connectivity index (χ2v) is 6.48. The largest absolute Gasteiger partial charge is 0.469 e. The fourth-order valence-electron chi connectivity index (χ4n) is 3.30. The number of carbonyl (C=O) groups excluding carboxylic acids is 2. The molecule has 6 nitrogen and oxygen atoms in total. The number of hydrogen-bond acceptors (Lipinski definition) is 4. The fraction of sp³-hybridized carbons (Fsp3) is 0.421. The third kappa shape index (κ3) is 3.57. The van der Waals surface area contributed by atoms with E-state index >= 15 is 0 Å². The minimum absolute atomic E-state index is 0.00299. The molecule has 132 valence electrons. The van der Waals surface area contributed by atoms with Crippen LogP contribution in [0.25, 0.3) is 5.69 Å². The van der Waals surface area contributed by atoms with Crippen LogP contribution in [0.3, 0.4) is 0 Å². The molecule has 0 unspecified atom stereocenters. The van der Waals surface area contributed by atoms with Gasteiger partial charge in [-0.25, -0.2) is 4.68 Å². The first kappa shape index (κ1) is 17.2. The van der Waals surface area contributed by atoms with Crippen molar-refractivity contribution in [1.82, 2.24) is 14.7 Å². The number of hydrogen-bond donors (Lipinski definition) is 0. The van der Waals surface area contributed by atoms with E-state index in [2.05, 4.69) is 5.10 Å². The number of aromatic nitrogens is 2. The van der Waals surface area contributed by atoms with Crippen molar-refractivity contribution in [3.8, 4) is 5.69 Å². The molecule has 0 spiro atoms. The Bertz CT molecular complexity index is 772. The SMILES string of the molecule is COC(=O)C1CCN(C(=O)c2ccc(-n3nc(C)cc3C)cc2)CC1. The number of ether oxygens (including phenoxy) is 1. The van der Waals surface area contributed by atoms with Crippen LogP contribution in [0, 0.1) is 19.8 Å². The standard InChI is InChI=1S/C19H23N3O3/c1-13-12-14(2)22(20-13)17-6-4-15(5-7-17)18(23)21-10-8-16(9-11-21)19(24)25-3/h4-7,12,16H,8-11H2,1-3H3. The van der Waals surface area contributed by atoms with Crippen LogP contribution in [-0.4, -0.2) is 46.8 Å². The summed E-state index contributed by atoms with van der Waals surface area (Å²) in [6, 6.07) is 9.51. The van der Waals surface area contributed by atoms with Gasteiger partial charge in [-0.05, 0) is 57.0 Å². The molecule has 2 heterocycles. The lowest BCUT2D eigenvalue weighted by Gasteiger charge is -2.30. The molecular weight excluding hydrogens is 318 g/mol. The first-order valence-electron chi connectivity index (χ1n) is 8.50. The van der Waals surface area contributed by atoms with Crippen LogP contribution in [0.1, 0.15) is 34.6 Å². The molecular formula is C19H23N3O3.